The summed E-state index contributed by atoms with van der Waals surface area (Å²) < 4.78 is 20.7. The van der Waals surface area contributed by atoms with Crippen molar-refractivity contribution in [2.45, 2.75) is 44.3 Å². The topological polar surface area (TPSA) is 100 Å². The van der Waals surface area contributed by atoms with E-state index in [2.05, 4.69) is 5.32 Å². The average molecular weight is 512 g/mol. The zero-order valence-electron chi connectivity index (χ0n) is 19.7. The zero-order chi connectivity index (χ0) is 24.6. The Bertz CT molecular complexity index is 826. The molecule has 10 heteroatoms. The molecule has 1 aromatic rings. The van der Waals surface area contributed by atoms with Gasteiger partial charge in [0.25, 0.3) is 0 Å². The Morgan fingerprint density at radius 1 is 1.15 bits per heavy atom. The highest BCUT2D eigenvalue weighted by atomic mass is 33.1. The molecule has 1 N–H and O–H groups in total. The SMILES string of the molecule is COc1cc(C=CC(=O)OCCOCCNC(=O)CCCCC2CCSS2)ccc1OC(C)=O. The fourth-order valence-electron chi connectivity index (χ4n) is 3.12. The van der Waals surface area contributed by atoms with Gasteiger partial charge in [-0.15, -0.1) is 0 Å². The summed E-state index contributed by atoms with van der Waals surface area (Å²) in [6.07, 6.45) is 7.91. The van der Waals surface area contributed by atoms with Crippen LogP contribution in [0.15, 0.2) is 24.3 Å². The van der Waals surface area contributed by atoms with Crippen molar-refractivity contribution in [2.75, 3.05) is 39.2 Å². The van der Waals surface area contributed by atoms with Gasteiger partial charge in [-0.25, -0.2) is 4.79 Å². The third kappa shape index (κ3) is 11.8. The van der Waals surface area contributed by atoms with Crippen LogP contribution in [0.25, 0.3) is 6.08 Å². The van der Waals surface area contributed by atoms with Crippen LogP contribution in [0.1, 0.15) is 44.6 Å². The molecule has 1 aromatic carbocycles. The summed E-state index contributed by atoms with van der Waals surface area (Å²) in [6, 6.07) is 4.93. The number of methoxy groups -OCH3 is 1. The van der Waals surface area contributed by atoms with Crippen molar-refractivity contribution >= 4 is 45.5 Å². The molecule has 188 valence electrons. The lowest BCUT2D eigenvalue weighted by Gasteiger charge is -2.08. The van der Waals surface area contributed by atoms with Gasteiger partial charge in [0.05, 0.1) is 20.3 Å². The largest absolute Gasteiger partial charge is 0.493 e. The predicted molar refractivity (Wildman–Crippen MR) is 135 cm³/mol. The summed E-state index contributed by atoms with van der Waals surface area (Å²) in [4.78, 5) is 34.8. The van der Waals surface area contributed by atoms with Gasteiger partial charge in [0.1, 0.15) is 6.61 Å². The van der Waals surface area contributed by atoms with E-state index in [1.807, 2.05) is 21.6 Å². The first-order valence-corrected chi connectivity index (χ1v) is 13.7. The number of ether oxygens (including phenoxy) is 4. The minimum absolute atomic E-state index is 0.0473. The first kappa shape index (κ1) is 28.1. The molecule has 1 unspecified atom stereocenters. The second-order valence-corrected chi connectivity index (χ2v) is 10.3. The van der Waals surface area contributed by atoms with Crippen LogP contribution in [0.5, 0.6) is 11.5 Å². The van der Waals surface area contributed by atoms with E-state index < -0.39 is 11.9 Å². The molecule has 8 nitrogen and oxygen atoms in total. The number of benzene rings is 1. The molecular weight excluding hydrogens is 478 g/mol. The molecule has 0 aliphatic carbocycles. The first-order valence-electron chi connectivity index (χ1n) is 11.3. The maximum atomic E-state index is 11.8. The standard InChI is InChI=1S/C24H33NO7S2/c1-18(26)32-21-9-7-19(17-22(21)29-2)8-10-24(28)31-15-14-30-13-12-25-23(27)6-4-3-5-20-11-16-33-34-20/h7-10,17,20H,3-6,11-16H2,1-2H3,(H,25,27). The molecule has 1 amide bonds. The molecule has 1 heterocycles. The van der Waals surface area contributed by atoms with E-state index in [0.29, 0.717) is 36.6 Å². The van der Waals surface area contributed by atoms with E-state index in [-0.39, 0.29) is 19.1 Å². The Labute approximate surface area is 208 Å². The van der Waals surface area contributed by atoms with Crippen molar-refractivity contribution in [3.63, 3.8) is 0 Å². The fourth-order valence-corrected chi connectivity index (χ4v) is 6.14. The Kier molecular flexibility index (Phi) is 13.6. The van der Waals surface area contributed by atoms with Gasteiger partial charge in [0.2, 0.25) is 5.91 Å². The highest BCUT2D eigenvalue weighted by Gasteiger charge is 2.15. The van der Waals surface area contributed by atoms with Gasteiger partial charge in [0, 0.05) is 37.0 Å². The maximum Gasteiger partial charge on any atom is 0.330 e. The summed E-state index contributed by atoms with van der Waals surface area (Å²) in [5.74, 6) is 1.03. The molecule has 0 spiro atoms. The van der Waals surface area contributed by atoms with Crippen LogP contribution in [0.3, 0.4) is 0 Å². The number of nitrogens with one attached hydrogen (secondary N) is 1. The van der Waals surface area contributed by atoms with Crippen LogP contribution in [0, 0.1) is 0 Å². The van der Waals surface area contributed by atoms with E-state index in [0.717, 1.165) is 18.1 Å². The molecule has 1 atom stereocenters. The van der Waals surface area contributed by atoms with Crippen LogP contribution in [-0.2, 0) is 23.9 Å². The lowest BCUT2D eigenvalue weighted by atomic mass is 10.1. The van der Waals surface area contributed by atoms with Crippen LogP contribution in [0.2, 0.25) is 0 Å². The quantitative estimate of drug-likeness (QED) is 0.123. The van der Waals surface area contributed by atoms with Crippen LogP contribution in [-0.4, -0.2) is 62.3 Å². The highest BCUT2D eigenvalue weighted by Crippen LogP contribution is 2.39. The van der Waals surface area contributed by atoms with Crippen molar-refractivity contribution in [3.05, 3.63) is 29.8 Å². The van der Waals surface area contributed by atoms with Gasteiger partial charge in [0.15, 0.2) is 11.5 Å². The molecule has 0 aromatic heterocycles. The summed E-state index contributed by atoms with van der Waals surface area (Å²) >= 11 is 0. The third-order valence-corrected chi connectivity index (χ3v) is 7.81. The molecule has 1 saturated heterocycles. The number of unbranched alkanes of at least 4 members (excludes halogenated alkanes) is 1. The Hall–Kier alpha value is -2.17. The molecule has 0 radical (unpaired) electrons. The lowest BCUT2D eigenvalue weighted by molar-refractivity contribution is -0.139. The number of rotatable bonds is 15. The molecule has 1 aliphatic heterocycles. The second kappa shape index (κ2) is 16.5. The van der Waals surface area contributed by atoms with Crippen molar-refractivity contribution in [1.82, 2.24) is 5.32 Å². The third-order valence-electron chi connectivity index (χ3n) is 4.80. The van der Waals surface area contributed by atoms with Crippen molar-refractivity contribution in [2.24, 2.45) is 0 Å². The van der Waals surface area contributed by atoms with Crippen LogP contribution >= 0.6 is 21.6 Å². The number of carbonyl (C=O) groups is 3. The molecular formula is C24H33NO7S2. The number of hydrogen-bond donors (Lipinski definition) is 1. The second-order valence-electron chi connectivity index (χ2n) is 7.54. The van der Waals surface area contributed by atoms with E-state index in [1.165, 1.54) is 38.7 Å². The highest BCUT2D eigenvalue weighted by molar-refractivity contribution is 8.77. The van der Waals surface area contributed by atoms with Gasteiger partial charge >= 0.3 is 11.9 Å². The normalized spacial score (nSPS) is 15.3. The predicted octanol–water partition coefficient (Wildman–Crippen LogP) is 4.02. The summed E-state index contributed by atoms with van der Waals surface area (Å²) in [5, 5.41) is 3.60. The Morgan fingerprint density at radius 2 is 2.00 bits per heavy atom. The molecule has 0 saturated carbocycles. The molecule has 34 heavy (non-hydrogen) atoms. The molecule has 1 fully saturated rings. The van der Waals surface area contributed by atoms with E-state index >= 15 is 0 Å². The van der Waals surface area contributed by atoms with E-state index in [9.17, 15) is 14.4 Å². The monoisotopic (exact) mass is 511 g/mol. The van der Waals surface area contributed by atoms with Crippen LogP contribution < -0.4 is 14.8 Å². The van der Waals surface area contributed by atoms with E-state index in [1.54, 1.807) is 24.3 Å². The maximum absolute atomic E-state index is 11.8. The van der Waals surface area contributed by atoms with Crippen molar-refractivity contribution in [1.29, 1.82) is 0 Å². The van der Waals surface area contributed by atoms with Gasteiger partial charge in [-0.1, -0.05) is 34.1 Å². The average Bonchev–Trinajstić information content (AvgIpc) is 3.34. The van der Waals surface area contributed by atoms with Gasteiger partial charge in [-0.2, -0.15) is 0 Å². The van der Waals surface area contributed by atoms with Crippen LogP contribution in [0.4, 0.5) is 0 Å². The Morgan fingerprint density at radius 3 is 2.74 bits per heavy atom. The van der Waals surface area contributed by atoms with Gasteiger partial charge < -0.3 is 24.3 Å². The smallest absolute Gasteiger partial charge is 0.330 e. The number of esters is 2. The van der Waals surface area contributed by atoms with Crippen molar-refractivity contribution < 1.29 is 33.3 Å². The fraction of sp³-hybridized carbons (Fsp3) is 0.542. The molecule has 0 bridgehead atoms. The minimum Gasteiger partial charge on any atom is -0.493 e. The molecule has 2 rings (SSSR count). The van der Waals surface area contributed by atoms with Gasteiger partial charge in [-0.05, 0) is 43.0 Å². The first-order chi connectivity index (χ1) is 16.5. The summed E-state index contributed by atoms with van der Waals surface area (Å²) in [7, 11) is 5.39. The zero-order valence-corrected chi connectivity index (χ0v) is 21.3. The Balaban J connectivity index is 1.50. The van der Waals surface area contributed by atoms with Crippen molar-refractivity contribution in [3.8, 4) is 11.5 Å². The summed E-state index contributed by atoms with van der Waals surface area (Å²) in [5.41, 5.74) is 0.688. The minimum atomic E-state index is -0.505. The lowest BCUT2D eigenvalue weighted by Crippen LogP contribution is -2.27. The van der Waals surface area contributed by atoms with E-state index in [4.69, 9.17) is 18.9 Å². The number of amides is 1. The van der Waals surface area contributed by atoms with Gasteiger partial charge in [-0.3, -0.25) is 9.59 Å². The summed E-state index contributed by atoms with van der Waals surface area (Å²) in [6.45, 7) is 2.47. The number of hydrogen-bond acceptors (Lipinski definition) is 9. The number of carbonyl (C=O) groups excluding carboxylic acids is 3. The molecule has 1 aliphatic rings.